The molecule has 0 radical (unpaired) electrons. The van der Waals surface area contributed by atoms with E-state index in [1.807, 2.05) is 31.2 Å². The third-order valence-electron chi connectivity index (χ3n) is 3.44. The van der Waals surface area contributed by atoms with Crippen molar-refractivity contribution in [2.45, 2.75) is 12.5 Å². The Morgan fingerprint density at radius 3 is 2.76 bits per heavy atom. The van der Waals surface area contributed by atoms with Crippen molar-refractivity contribution in [3.8, 4) is 11.3 Å². The van der Waals surface area contributed by atoms with Crippen molar-refractivity contribution in [3.63, 3.8) is 0 Å². The Balaban J connectivity index is 1.54. The fourth-order valence-electron chi connectivity index (χ4n) is 2.09. The number of hydrogen-bond donors (Lipinski definition) is 2. The lowest BCUT2D eigenvalue weighted by Gasteiger charge is -2.38. The fourth-order valence-corrected chi connectivity index (χ4v) is 2.09. The molecule has 0 aliphatic carbocycles. The summed E-state index contributed by atoms with van der Waals surface area (Å²) < 4.78 is 10.8. The number of carbonyl (C=O) groups excluding carboxylic acids is 1. The normalized spacial score (nSPS) is 16.2. The monoisotopic (exact) mass is 287 g/mol. The largest absolute Gasteiger partial charge is 0.444 e. The quantitative estimate of drug-likeness (QED) is 0.874. The van der Waals surface area contributed by atoms with Crippen LogP contribution in [0.2, 0.25) is 0 Å². The van der Waals surface area contributed by atoms with Gasteiger partial charge in [0, 0.05) is 24.3 Å². The van der Waals surface area contributed by atoms with Gasteiger partial charge in [-0.05, 0) is 31.2 Å². The van der Waals surface area contributed by atoms with Gasteiger partial charge in [0.15, 0.2) is 12.2 Å². The molecule has 3 rings (SSSR count). The van der Waals surface area contributed by atoms with E-state index >= 15 is 0 Å². The van der Waals surface area contributed by atoms with Crippen molar-refractivity contribution in [2.24, 2.45) is 0 Å². The first-order chi connectivity index (χ1) is 10.1. The molecule has 1 aliphatic rings. The van der Waals surface area contributed by atoms with Crippen molar-refractivity contribution in [2.75, 3.05) is 25.0 Å². The average Bonchev–Trinajstić information content (AvgIpc) is 2.98. The van der Waals surface area contributed by atoms with Gasteiger partial charge >= 0.3 is 0 Å². The minimum atomic E-state index is -0.215. The van der Waals surface area contributed by atoms with E-state index in [-0.39, 0.29) is 18.1 Å². The highest BCUT2D eigenvalue weighted by Crippen LogP contribution is 2.21. The zero-order valence-corrected chi connectivity index (χ0v) is 11.8. The average molecular weight is 287 g/mol. The lowest BCUT2D eigenvalue weighted by atomic mass is 10.0. The molecule has 0 saturated carbocycles. The first-order valence-corrected chi connectivity index (χ1v) is 6.78. The van der Waals surface area contributed by atoms with E-state index in [1.165, 1.54) is 6.39 Å². The molecule has 110 valence electrons. The molecule has 0 bridgehead atoms. The number of nitrogens with one attached hydrogen (secondary N) is 2. The molecule has 2 N–H and O–H groups in total. The zero-order valence-electron chi connectivity index (χ0n) is 11.8. The molecule has 1 amide bonds. The predicted molar refractivity (Wildman–Crippen MR) is 77.8 cm³/mol. The Labute approximate surface area is 122 Å². The summed E-state index contributed by atoms with van der Waals surface area (Å²) in [6.07, 6.45) is 3.03. The van der Waals surface area contributed by atoms with Crippen LogP contribution in [0.15, 0.2) is 41.3 Å². The van der Waals surface area contributed by atoms with Crippen LogP contribution in [0.1, 0.15) is 6.92 Å². The molecule has 1 aliphatic heterocycles. The van der Waals surface area contributed by atoms with Crippen LogP contribution in [0, 0.1) is 0 Å². The van der Waals surface area contributed by atoms with E-state index in [1.54, 1.807) is 6.20 Å². The number of aromatic nitrogens is 1. The number of oxazole rings is 1. The zero-order chi connectivity index (χ0) is 14.7. The molecule has 0 spiro atoms. The maximum atomic E-state index is 11.8. The molecule has 1 fully saturated rings. The molecule has 1 aromatic carbocycles. The summed E-state index contributed by atoms with van der Waals surface area (Å²) in [6, 6.07) is 7.38. The summed E-state index contributed by atoms with van der Waals surface area (Å²) in [5.41, 5.74) is 1.42. The van der Waals surface area contributed by atoms with Crippen LogP contribution in [0.25, 0.3) is 11.3 Å². The van der Waals surface area contributed by atoms with Gasteiger partial charge in [-0.2, -0.15) is 0 Å². The Morgan fingerprint density at radius 2 is 2.19 bits per heavy atom. The van der Waals surface area contributed by atoms with Crippen molar-refractivity contribution in [1.82, 2.24) is 10.3 Å². The van der Waals surface area contributed by atoms with Crippen LogP contribution < -0.4 is 10.6 Å². The molecule has 2 aromatic rings. The molecule has 21 heavy (non-hydrogen) atoms. The summed E-state index contributed by atoms with van der Waals surface area (Å²) in [4.78, 5) is 15.7. The van der Waals surface area contributed by atoms with Crippen molar-refractivity contribution in [3.05, 3.63) is 36.9 Å². The Bertz CT molecular complexity index is 604. The lowest BCUT2D eigenvalue weighted by Crippen LogP contribution is -2.59. The van der Waals surface area contributed by atoms with Crippen LogP contribution in [0.3, 0.4) is 0 Å². The lowest BCUT2D eigenvalue weighted by molar-refractivity contribution is -0.130. The van der Waals surface area contributed by atoms with Crippen LogP contribution in [0.4, 0.5) is 5.69 Å². The van der Waals surface area contributed by atoms with Gasteiger partial charge in [0.1, 0.15) is 6.61 Å². The molecular formula is C15H17N3O3. The summed E-state index contributed by atoms with van der Waals surface area (Å²) >= 11 is 0. The van der Waals surface area contributed by atoms with Gasteiger partial charge in [0.05, 0.1) is 11.8 Å². The van der Waals surface area contributed by atoms with Gasteiger partial charge in [-0.1, -0.05) is 0 Å². The topological polar surface area (TPSA) is 76.4 Å². The van der Waals surface area contributed by atoms with E-state index in [9.17, 15) is 4.79 Å². The summed E-state index contributed by atoms with van der Waals surface area (Å²) in [6.45, 7) is 3.61. The minimum absolute atomic E-state index is 0.0576. The van der Waals surface area contributed by atoms with Gasteiger partial charge in [-0.25, -0.2) is 4.98 Å². The third kappa shape index (κ3) is 3.29. The van der Waals surface area contributed by atoms with E-state index in [2.05, 4.69) is 15.6 Å². The Kier molecular flexibility index (Phi) is 3.72. The van der Waals surface area contributed by atoms with E-state index in [0.717, 1.165) is 24.3 Å². The molecule has 0 atom stereocenters. The van der Waals surface area contributed by atoms with Gasteiger partial charge in [-0.3, -0.25) is 4.79 Å². The molecule has 6 heteroatoms. The van der Waals surface area contributed by atoms with Crippen LogP contribution in [0.5, 0.6) is 0 Å². The smallest absolute Gasteiger partial charge is 0.250 e. The number of hydrogen-bond acceptors (Lipinski definition) is 5. The molecule has 6 nitrogen and oxygen atoms in total. The van der Waals surface area contributed by atoms with Gasteiger partial charge in [-0.15, -0.1) is 0 Å². The Morgan fingerprint density at radius 1 is 1.43 bits per heavy atom. The van der Waals surface area contributed by atoms with Gasteiger partial charge < -0.3 is 19.8 Å². The number of rotatable bonds is 5. The first kappa shape index (κ1) is 13.8. The number of amides is 1. The number of nitrogens with zero attached hydrogens (tertiary/aromatic N) is 1. The van der Waals surface area contributed by atoms with Gasteiger partial charge in [0.2, 0.25) is 5.91 Å². The van der Waals surface area contributed by atoms with Crippen LogP contribution in [-0.2, 0) is 9.53 Å². The minimum Gasteiger partial charge on any atom is -0.444 e. The standard InChI is InChI=1S/C15H17N3O3/c1-15(8-17-9-15)21-7-14(19)18-12-4-2-11(3-5-12)13-6-16-10-20-13/h2-6,10,17H,7-9H2,1H3,(H,18,19). The second-order valence-electron chi connectivity index (χ2n) is 5.33. The van der Waals surface area contributed by atoms with E-state index < -0.39 is 0 Å². The third-order valence-corrected chi connectivity index (χ3v) is 3.44. The maximum Gasteiger partial charge on any atom is 0.250 e. The molecule has 1 aromatic heterocycles. The summed E-state index contributed by atoms with van der Waals surface area (Å²) in [5, 5.41) is 5.93. The second-order valence-corrected chi connectivity index (χ2v) is 5.33. The van der Waals surface area contributed by atoms with Crippen molar-refractivity contribution < 1.29 is 13.9 Å². The van der Waals surface area contributed by atoms with E-state index in [4.69, 9.17) is 9.15 Å². The number of anilines is 1. The number of benzene rings is 1. The molecular weight excluding hydrogens is 270 g/mol. The highest BCUT2D eigenvalue weighted by molar-refractivity contribution is 5.91. The SMILES string of the molecule is CC1(OCC(=O)Nc2ccc(-c3cnco3)cc2)CNC1. The second kappa shape index (κ2) is 5.67. The Hall–Kier alpha value is -2.18. The molecule has 2 heterocycles. The number of ether oxygens (including phenoxy) is 1. The highest BCUT2D eigenvalue weighted by atomic mass is 16.5. The van der Waals surface area contributed by atoms with Crippen LogP contribution in [-0.4, -0.2) is 36.2 Å². The predicted octanol–water partition coefficient (Wildman–Crippen LogP) is 1.66. The number of carbonyl (C=O) groups is 1. The summed E-state index contributed by atoms with van der Waals surface area (Å²) in [5.74, 6) is 0.539. The van der Waals surface area contributed by atoms with Crippen molar-refractivity contribution in [1.29, 1.82) is 0 Å². The highest BCUT2D eigenvalue weighted by Gasteiger charge is 2.32. The summed E-state index contributed by atoms with van der Waals surface area (Å²) in [7, 11) is 0. The first-order valence-electron chi connectivity index (χ1n) is 6.78. The van der Waals surface area contributed by atoms with Gasteiger partial charge in [0.25, 0.3) is 0 Å². The fraction of sp³-hybridized carbons (Fsp3) is 0.333. The van der Waals surface area contributed by atoms with Crippen LogP contribution >= 0.6 is 0 Å². The molecule has 0 unspecified atom stereocenters. The molecule has 1 saturated heterocycles. The van der Waals surface area contributed by atoms with E-state index in [0.29, 0.717) is 5.76 Å². The maximum absolute atomic E-state index is 11.8. The van der Waals surface area contributed by atoms with Crippen molar-refractivity contribution >= 4 is 11.6 Å².